The molecular formula is C8H6Cl3NOS. The molecule has 1 heterocycles. The van der Waals surface area contributed by atoms with Crippen LogP contribution >= 0.6 is 46.1 Å². The van der Waals surface area contributed by atoms with Gasteiger partial charge >= 0.3 is 0 Å². The molecule has 0 atom stereocenters. The van der Waals surface area contributed by atoms with Crippen molar-refractivity contribution in [3.63, 3.8) is 0 Å². The molecule has 6 heteroatoms. The van der Waals surface area contributed by atoms with Gasteiger partial charge in [-0.1, -0.05) is 40.9 Å². The minimum absolute atomic E-state index is 0.0825. The summed E-state index contributed by atoms with van der Waals surface area (Å²) in [6, 6.07) is 3.44. The Bertz CT molecular complexity index is 353. The fourth-order valence-corrected chi connectivity index (χ4v) is 1.51. The van der Waals surface area contributed by atoms with Crippen LogP contribution in [0.15, 0.2) is 29.3 Å². The molecule has 0 aromatic carbocycles. The minimum Gasteiger partial charge on any atom is -0.398 e. The number of allylic oxidation sites excluding steroid dienone is 2. The van der Waals surface area contributed by atoms with Crippen LogP contribution in [0.3, 0.4) is 0 Å². The quantitative estimate of drug-likeness (QED) is 0.510. The first-order valence-corrected chi connectivity index (χ1v) is 5.55. The van der Waals surface area contributed by atoms with Crippen molar-refractivity contribution >= 4 is 51.9 Å². The average Bonchev–Trinajstić information content (AvgIpc) is 2.53. The summed E-state index contributed by atoms with van der Waals surface area (Å²) in [6.45, 7) is 0. The van der Waals surface area contributed by atoms with E-state index in [-0.39, 0.29) is 11.5 Å². The molecule has 0 amide bonds. The summed E-state index contributed by atoms with van der Waals surface area (Å²) in [4.78, 5) is 12.0. The van der Waals surface area contributed by atoms with Gasteiger partial charge in [-0.15, -0.1) is 11.3 Å². The minimum atomic E-state index is -1.73. The molecule has 0 spiro atoms. The Kier molecular flexibility index (Phi) is 3.84. The van der Waals surface area contributed by atoms with Gasteiger partial charge in [-0.05, 0) is 11.4 Å². The smallest absolute Gasteiger partial charge is 0.230 e. The highest BCUT2D eigenvalue weighted by atomic mass is 35.6. The third-order valence-corrected chi connectivity index (χ3v) is 2.92. The second-order valence-corrected chi connectivity index (χ2v) is 5.67. The van der Waals surface area contributed by atoms with E-state index in [2.05, 4.69) is 0 Å². The number of carbonyl (C=O) groups is 1. The van der Waals surface area contributed by atoms with Gasteiger partial charge in [0, 0.05) is 6.08 Å². The van der Waals surface area contributed by atoms with Crippen molar-refractivity contribution < 1.29 is 4.79 Å². The molecule has 1 rings (SSSR count). The van der Waals surface area contributed by atoms with Gasteiger partial charge in [0.2, 0.25) is 3.79 Å². The Balaban J connectivity index is 2.84. The summed E-state index contributed by atoms with van der Waals surface area (Å²) >= 11 is 17.7. The molecular weight excluding hydrogens is 265 g/mol. The van der Waals surface area contributed by atoms with E-state index in [0.29, 0.717) is 4.88 Å². The van der Waals surface area contributed by atoms with Crippen molar-refractivity contribution in [1.29, 1.82) is 0 Å². The molecule has 2 nitrogen and oxygen atoms in total. The van der Waals surface area contributed by atoms with E-state index in [1.54, 1.807) is 17.5 Å². The SMILES string of the molecule is N/C(=C/C(=O)c1cccs1)C(Cl)(Cl)Cl. The number of rotatable bonds is 2. The predicted molar refractivity (Wildman–Crippen MR) is 61.2 cm³/mol. The van der Waals surface area contributed by atoms with E-state index in [0.717, 1.165) is 6.08 Å². The maximum absolute atomic E-state index is 11.4. The number of halogens is 3. The fourth-order valence-electron chi connectivity index (χ4n) is 0.713. The second kappa shape index (κ2) is 4.53. The second-order valence-electron chi connectivity index (χ2n) is 2.44. The van der Waals surface area contributed by atoms with Crippen LogP contribution in [0, 0.1) is 0 Å². The molecule has 0 saturated carbocycles. The Hall–Kier alpha value is -0.220. The molecule has 0 fully saturated rings. The van der Waals surface area contributed by atoms with Crippen LogP contribution in [0.25, 0.3) is 0 Å². The number of ketones is 1. The fraction of sp³-hybridized carbons (Fsp3) is 0.125. The maximum Gasteiger partial charge on any atom is 0.230 e. The third-order valence-electron chi connectivity index (χ3n) is 1.38. The van der Waals surface area contributed by atoms with E-state index in [9.17, 15) is 4.79 Å². The Morgan fingerprint density at radius 2 is 2.14 bits per heavy atom. The lowest BCUT2D eigenvalue weighted by atomic mass is 10.3. The first kappa shape index (κ1) is 11.9. The van der Waals surface area contributed by atoms with Crippen molar-refractivity contribution in [1.82, 2.24) is 0 Å². The van der Waals surface area contributed by atoms with Crippen LogP contribution in [-0.2, 0) is 0 Å². The van der Waals surface area contributed by atoms with Crippen LogP contribution in [-0.4, -0.2) is 9.58 Å². The molecule has 0 aliphatic heterocycles. The molecule has 0 saturated heterocycles. The topological polar surface area (TPSA) is 43.1 Å². The zero-order valence-electron chi connectivity index (χ0n) is 6.84. The van der Waals surface area contributed by atoms with E-state index >= 15 is 0 Å². The third kappa shape index (κ3) is 3.17. The zero-order chi connectivity index (χ0) is 10.8. The monoisotopic (exact) mass is 269 g/mol. The van der Waals surface area contributed by atoms with Crippen molar-refractivity contribution in [2.75, 3.05) is 0 Å². The van der Waals surface area contributed by atoms with Gasteiger partial charge in [-0.2, -0.15) is 0 Å². The van der Waals surface area contributed by atoms with E-state index in [1.165, 1.54) is 11.3 Å². The molecule has 2 N–H and O–H groups in total. The largest absolute Gasteiger partial charge is 0.398 e. The van der Waals surface area contributed by atoms with Crippen molar-refractivity contribution in [2.45, 2.75) is 3.79 Å². The lowest BCUT2D eigenvalue weighted by Crippen LogP contribution is -2.17. The lowest BCUT2D eigenvalue weighted by Gasteiger charge is -2.09. The van der Waals surface area contributed by atoms with Gasteiger partial charge in [0.15, 0.2) is 5.78 Å². The predicted octanol–water partition coefficient (Wildman–Crippen LogP) is 3.14. The molecule has 0 radical (unpaired) electrons. The number of hydrogen-bond acceptors (Lipinski definition) is 3. The summed E-state index contributed by atoms with van der Waals surface area (Å²) < 4.78 is -1.73. The number of hydrogen-bond donors (Lipinski definition) is 1. The zero-order valence-corrected chi connectivity index (χ0v) is 9.92. The summed E-state index contributed by atoms with van der Waals surface area (Å²) in [5.74, 6) is -0.260. The van der Waals surface area contributed by atoms with Crippen molar-refractivity contribution in [2.24, 2.45) is 5.73 Å². The van der Waals surface area contributed by atoms with Crippen molar-refractivity contribution in [3.05, 3.63) is 34.2 Å². The number of alkyl halides is 3. The van der Waals surface area contributed by atoms with E-state index in [1.807, 2.05) is 0 Å². The molecule has 0 unspecified atom stereocenters. The molecule has 0 aliphatic carbocycles. The summed E-state index contributed by atoms with van der Waals surface area (Å²) in [6.07, 6.45) is 1.12. The van der Waals surface area contributed by atoms with Crippen LogP contribution in [0.4, 0.5) is 0 Å². The molecule has 76 valence electrons. The molecule has 0 bridgehead atoms. The molecule has 1 aromatic rings. The highest BCUT2D eigenvalue weighted by Crippen LogP contribution is 2.31. The van der Waals surface area contributed by atoms with Crippen LogP contribution in [0.2, 0.25) is 0 Å². The first-order chi connectivity index (χ1) is 6.41. The Morgan fingerprint density at radius 1 is 1.50 bits per heavy atom. The Morgan fingerprint density at radius 3 is 2.57 bits per heavy atom. The summed E-state index contributed by atoms with van der Waals surface area (Å²) in [7, 11) is 0. The highest BCUT2D eigenvalue weighted by molar-refractivity contribution is 7.12. The molecule has 1 aromatic heterocycles. The standard InChI is InChI=1S/C8H6Cl3NOS/c9-8(10,11)7(12)4-5(13)6-2-1-3-14-6/h1-4H,12H2/b7-4+. The summed E-state index contributed by atoms with van der Waals surface area (Å²) in [5, 5.41) is 1.78. The highest BCUT2D eigenvalue weighted by Gasteiger charge is 2.24. The molecule has 0 aliphatic rings. The molecule has 14 heavy (non-hydrogen) atoms. The van der Waals surface area contributed by atoms with Crippen LogP contribution in [0.1, 0.15) is 9.67 Å². The van der Waals surface area contributed by atoms with Gasteiger partial charge < -0.3 is 5.73 Å². The van der Waals surface area contributed by atoms with E-state index in [4.69, 9.17) is 40.5 Å². The Labute approximate surface area is 100 Å². The number of carbonyl (C=O) groups excluding carboxylic acids is 1. The van der Waals surface area contributed by atoms with Gasteiger partial charge in [0.1, 0.15) is 0 Å². The van der Waals surface area contributed by atoms with Gasteiger partial charge in [-0.3, -0.25) is 4.79 Å². The normalized spacial score (nSPS) is 12.9. The number of nitrogens with two attached hydrogens (primary N) is 1. The average molecular weight is 271 g/mol. The van der Waals surface area contributed by atoms with Crippen LogP contribution < -0.4 is 5.73 Å². The van der Waals surface area contributed by atoms with Gasteiger partial charge in [0.25, 0.3) is 0 Å². The van der Waals surface area contributed by atoms with Crippen LogP contribution in [0.5, 0.6) is 0 Å². The number of thiophene rings is 1. The summed E-state index contributed by atoms with van der Waals surface area (Å²) in [5.41, 5.74) is 5.32. The maximum atomic E-state index is 11.4. The van der Waals surface area contributed by atoms with Gasteiger partial charge in [-0.25, -0.2) is 0 Å². The van der Waals surface area contributed by atoms with Gasteiger partial charge in [0.05, 0.1) is 10.6 Å². The van der Waals surface area contributed by atoms with Crippen molar-refractivity contribution in [3.8, 4) is 0 Å². The lowest BCUT2D eigenvalue weighted by molar-refractivity contribution is 0.104. The first-order valence-electron chi connectivity index (χ1n) is 3.53. The van der Waals surface area contributed by atoms with E-state index < -0.39 is 3.79 Å².